The molecule has 1 N–H and O–H groups in total. The number of nitrogens with one attached hydrogen (secondary N) is 1. The molecule has 1 saturated carbocycles. The summed E-state index contributed by atoms with van der Waals surface area (Å²) in [4.78, 5) is 0. The molecule has 2 aliphatic rings. The fourth-order valence-electron chi connectivity index (χ4n) is 3.17. The molecule has 14 heavy (non-hydrogen) atoms. The first kappa shape index (κ1) is 9.98. The monoisotopic (exact) mass is 192 g/mol. The first-order chi connectivity index (χ1) is 6.87. The maximum Gasteiger partial charge on any atom is 0.0692 e. The Morgan fingerprint density at radius 1 is 1.07 bits per heavy atom. The van der Waals surface area contributed by atoms with Crippen LogP contribution < -0.4 is 5.32 Å². The van der Waals surface area contributed by atoms with Crippen molar-refractivity contribution < 1.29 is 0 Å². The minimum atomic E-state index is 0.0559. The minimum absolute atomic E-state index is 0.0559. The maximum atomic E-state index is 9.42. The highest BCUT2D eigenvalue weighted by atomic mass is 14.9. The zero-order valence-corrected chi connectivity index (χ0v) is 8.89. The standard InChI is InChI=1S/C12H20N2/c13-10-12(6-2-1-3-7-12)11-4-8-14-9-5-11/h11,14H,1-9H2. The highest BCUT2D eigenvalue weighted by Crippen LogP contribution is 2.45. The van der Waals surface area contributed by atoms with E-state index in [2.05, 4.69) is 11.4 Å². The topological polar surface area (TPSA) is 35.8 Å². The lowest BCUT2D eigenvalue weighted by Crippen LogP contribution is -2.39. The van der Waals surface area contributed by atoms with E-state index >= 15 is 0 Å². The average molecular weight is 192 g/mol. The second kappa shape index (κ2) is 4.31. The lowest BCUT2D eigenvalue weighted by atomic mass is 9.64. The van der Waals surface area contributed by atoms with E-state index in [1.165, 1.54) is 32.1 Å². The summed E-state index contributed by atoms with van der Waals surface area (Å²) >= 11 is 0. The van der Waals surface area contributed by atoms with Gasteiger partial charge in [0.25, 0.3) is 0 Å². The first-order valence-corrected chi connectivity index (χ1v) is 5.99. The Morgan fingerprint density at radius 2 is 1.71 bits per heavy atom. The predicted molar refractivity (Wildman–Crippen MR) is 56.7 cm³/mol. The van der Waals surface area contributed by atoms with E-state index in [1.807, 2.05) is 0 Å². The molecule has 0 spiro atoms. The SMILES string of the molecule is N#CC1(C2CCNCC2)CCCCC1. The number of piperidine rings is 1. The van der Waals surface area contributed by atoms with Gasteiger partial charge in [-0.3, -0.25) is 0 Å². The van der Waals surface area contributed by atoms with Gasteiger partial charge < -0.3 is 5.32 Å². The van der Waals surface area contributed by atoms with Gasteiger partial charge in [0.05, 0.1) is 11.5 Å². The van der Waals surface area contributed by atoms with Crippen molar-refractivity contribution in [1.82, 2.24) is 5.32 Å². The van der Waals surface area contributed by atoms with Gasteiger partial charge in [-0.25, -0.2) is 0 Å². The zero-order chi connectivity index (χ0) is 9.86. The summed E-state index contributed by atoms with van der Waals surface area (Å²) in [6.45, 7) is 2.24. The molecule has 1 saturated heterocycles. The third kappa shape index (κ3) is 1.79. The number of nitriles is 1. The molecule has 0 atom stereocenters. The van der Waals surface area contributed by atoms with Gasteiger partial charge in [0, 0.05) is 0 Å². The van der Waals surface area contributed by atoms with Crippen LogP contribution in [0.4, 0.5) is 0 Å². The summed E-state index contributed by atoms with van der Waals surface area (Å²) in [6, 6.07) is 2.66. The molecule has 2 rings (SSSR count). The van der Waals surface area contributed by atoms with Crippen molar-refractivity contribution in [2.75, 3.05) is 13.1 Å². The van der Waals surface area contributed by atoms with Crippen LogP contribution in [0, 0.1) is 22.7 Å². The molecule has 0 amide bonds. The largest absolute Gasteiger partial charge is 0.317 e. The summed E-state index contributed by atoms with van der Waals surface area (Å²) in [6.07, 6.45) is 8.65. The van der Waals surface area contributed by atoms with Crippen LogP contribution in [0.15, 0.2) is 0 Å². The Kier molecular flexibility index (Phi) is 3.08. The quantitative estimate of drug-likeness (QED) is 0.692. The van der Waals surface area contributed by atoms with E-state index in [9.17, 15) is 5.26 Å². The van der Waals surface area contributed by atoms with Gasteiger partial charge >= 0.3 is 0 Å². The van der Waals surface area contributed by atoms with Crippen LogP contribution in [0.5, 0.6) is 0 Å². The summed E-state index contributed by atoms with van der Waals surface area (Å²) in [5, 5.41) is 12.8. The van der Waals surface area contributed by atoms with E-state index < -0.39 is 0 Å². The third-order valence-corrected chi connectivity index (χ3v) is 4.09. The van der Waals surface area contributed by atoms with Crippen molar-refractivity contribution >= 4 is 0 Å². The lowest BCUT2D eigenvalue weighted by Gasteiger charge is -2.40. The second-order valence-corrected chi connectivity index (χ2v) is 4.85. The van der Waals surface area contributed by atoms with Crippen LogP contribution in [0.1, 0.15) is 44.9 Å². The van der Waals surface area contributed by atoms with Crippen LogP contribution in [0.25, 0.3) is 0 Å². The van der Waals surface area contributed by atoms with Crippen molar-refractivity contribution in [1.29, 1.82) is 5.26 Å². The molecule has 0 aromatic rings. The van der Waals surface area contributed by atoms with E-state index in [-0.39, 0.29) is 5.41 Å². The van der Waals surface area contributed by atoms with Crippen molar-refractivity contribution in [2.45, 2.75) is 44.9 Å². The summed E-state index contributed by atoms with van der Waals surface area (Å²) < 4.78 is 0. The highest BCUT2D eigenvalue weighted by molar-refractivity contribution is 5.05. The summed E-state index contributed by atoms with van der Waals surface area (Å²) in [7, 11) is 0. The third-order valence-electron chi connectivity index (χ3n) is 4.09. The molecule has 2 nitrogen and oxygen atoms in total. The van der Waals surface area contributed by atoms with Crippen LogP contribution in [-0.4, -0.2) is 13.1 Å². The normalized spacial score (nSPS) is 28.2. The Morgan fingerprint density at radius 3 is 2.29 bits per heavy atom. The van der Waals surface area contributed by atoms with E-state index in [0.29, 0.717) is 5.92 Å². The Hall–Kier alpha value is -0.550. The van der Waals surface area contributed by atoms with Gasteiger partial charge in [0.2, 0.25) is 0 Å². The molecule has 0 radical (unpaired) electrons. The van der Waals surface area contributed by atoms with Gasteiger partial charge in [-0.2, -0.15) is 5.26 Å². The molecular weight excluding hydrogens is 172 g/mol. The van der Waals surface area contributed by atoms with E-state index in [0.717, 1.165) is 25.9 Å². The van der Waals surface area contributed by atoms with E-state index in [1.54, 1.807) is 0 Å². The fourth-order valence-corrected chi connectivity index (χ4v) is 3.17. The van der Waals surface area contributed by atoms with Crippen molar-refractivity contribution in [3.63, 3.8) is 0 Å². The molecule has 1 aliphatic heterocycles. The Bertz CT molecular complexity index is 217. The van der Waals surface area contributed by atoms with Crippen LogP contribution in [-0.2, 0) is 0 Å². The molecule has 0 aromatic carbocycles. The van der Waals surface area contributed by atoms with Crippen LogP contribution in [0.2, 0.25) is 0 Å². The summed E-state index contributed by atoms with van der Waals surface area (Å²) in [5.41, 5.74) is 0.0559. The molecule has 2 heteroatoms. The first-order valence-electron chi connectivity index (χ1n) is 5.99. The lowest BCUT2D eigenvalue weighted by molar-refractivity contribution is 0.132. The Balaban J connectivity index is 2.06. The highest BCUT2D eigenvalue weighted by Gasteiger charge is 2.40. The molecule has 2 fully saturated rings. The molecule has 0 bridgehead atoms. The molecule has 0 unspecified atom stereocenters. The number of hydrogen-bond acceptors (Lipinski definition) is 2. The molecular formula is C12H20N2. The Labute approximate surface area is 86.7 Å². The maximum absolute atomic E-state index is 9.42. The number of nitrogens with zero attached hydrogens (tertiary/aromatic N) is 1. The second-order valence-electron chi connectivity index (χ2n) is 4.85. The molecule has 0 aromatic heterocycles. The van der Waals surface area contributed by atoms with Gasteiger partial charge in [0.15, 0.2) is 0 Å². The average Bonchev–Trinajstić information content (AvgIpc) is 2.31. The number of hydrogen-bond donors (Lipinski definition) is 1. The van der Waals surface area contributed by atoms with Crippen molar-refractivity contribution in [3.8, 4) is 6.07 Å². The van der Waals surface area contributed by atoms with E-state index in [4.69, 9.17) is 0 Å². The van der Waals surface area contributed by atoms with Gasteiger partial charge in [0.1, 0.15) is 0 Å². The van der Waals surface area contributed by atoms with Crippen molar-refractivity contribution in [2.24, 2.45) is 11.3 Å². The van der Waals surface area contributed by atoms with Crippen molar-refractivity contribution in [3.05, 3.63) is 0 Å². The molecule has 1 heterocycles. The van der Waals surface area contributed by atoms with Crippen LogP contribution >= 0.6 is 0 Å². The van der Waals surface area contributed by atoms with Gasteiger partial charge in [-0.15, -0.1) is 0 Å². The number of rotatable bonds is 1. The van der Waals surface area contributed by atoms with Crippen LogP contribution in [0.3, 0.4) is 0 Å². The fraction of sp³-hybridized carbons (Fsp3) is 0.917. The molecule has 78 valence electrons. The smallest absolute Gasteiger partial charge is 0.0692 e. The minimum Gasteiger partial charge on any atom is -0.317 e. The predicted octanol–water partition coefficient (Wildman–Crippen LogP) is 2.46. The zero-order valence-electron chi connectivity index (χ0n) is 8.89. The van der Waals surface area contributed by atoms with Gasteiger partial charge in [-0.05, 0) is 44.7 Å². The van der Waals surface area contributed by atoms with Gasteiger partial charge in [-0.1, -0.05) is 19.3 Å². The molecule has 1 aliphatic carbocycles. The summed E-state index contributed by atoms with van der Waals surface area (Å²) in [5.74, 6) is 0.675.